The van der Waals surface area contributed by atoms with Gasteiger partial charge in [0.25, 0.3) is 0 Å². The Bertz CT molecular complexity index is 781. The van der Waals surface area contributed by atoms with Gasteiger partial charge < -0.3 is 11.1 Å². The van der Waals surface area contributed by atoms with Crippen molar-refractivity contribution in [1.29, 1.82) is 0 Å². The number of hydrogen-bond acceptors (Lipinski definition) is 2. The van der Waals surface area contributed by atoms with Gasteiger partial charge in [-0.1, -0.05) is 64.9 Å². The number of piperidine rings is 1. The smallest absolute Gasteiger partial charge is 0.0113 e. The Morgan fingerprint density at radius 2 is 1.62 bits per heavy atom. The van der Waals surface area contributed by atoms with Crippen molar-refractivity contribution in [2.24, 2.45) is 57.5 Å². The highest BCUT2D eigenvalue weighted by molar-refractivity contribution is 5.38. The SMILES string of the molecule is CCC1NC2CC3(CCCCC3)C3(C(C)/C(N)=C/C4C5CCCC6(CCCCC6)C45)C1C23. The van der Waals surface area contributed by atoms with Crippen molar-refractivity contribution in [2.75, 3.05) is 0 Å². The van der Waals surface area contributed by atoms with Crippen LogP contribution in [0.1, 0.15) is 110 Å². The first kappa shape index (κ1) is 20.8. The van der Waals surface area contributed by atoms with Crippen LogP contribution < -0.4 is 11.1 Å². The molecular formula is C30H48N2. The standard InChI is InChI=1S/C30H48N2/c1-3-23-26-27-24(32-23)18-29(15-8-5-9-16-29)30(26,27)19(2)22(31)17-21-20-11-10-14-28(25(20)21)12-6-4-7-13-28/h17,19-21,23-27,32H,3-16,18,31H2,1-2H3/b22-17-. The summed E-state index contributed by atoms with van der Waals surface area (Å²) in [4.78, 5) is 0. The summed E-state index contributed by atoms with van der Waals surface area (Å²) in [6.07, 6.45) is 24.9. The van der Waals surface area contributed by atoms with E-state index in [0.717, 1.165) is 41.7 Å². The Kier molecular flexibility index (Phi) is 4.57. The highest BCUT2D eigenvalue weighted by Gasteiger charge is 2.85. The van der Waals surface area contributed by atoms with Crippen LogP contribution in [0, 0.1) is 51.8 Å². The van der Waals surface area contributed by atoms with Crippen molar-refractivity contribution in [1.82, 2.24) is 5.32 Å². The molecule has 1 heterocycles. The van der Waals surface area contributed by atoms with E-state index in [1.807, 2.05) is 0 Å². The van der Waals surface area contributed by atoms with Crippen LogP contribution in [0.25, 0.3) is 0 Å². The minimum atomic E-state index is 0.535. The summed E-state index contributed by atoms with van der Waals surface area (Å²) < 4.78 is 0. The van der Waals surface area contributed by atoms with E-state index in [1.165, 1.54) is 102 Å². The fourth-order valence-corrected chi connectivity index (χ4v) is 12.1. The third-order valence-corrected chi connectivity index (χ3v) is 13.1. The largest absolute Gasteiger partial charge is 0.402 e. The number of rotatable bonds is 4. The first-order valence-electron chi connectivity index (χ1n) is 14.8. The van der Waals surface area contributed by atoms with Gasteiger partial charge in [0.2, 0.25) is 0 Å². The Morgan fingerprint density at radius 3 is 2.34 bits per heavy atom. The number of hydrogen-bond donors (Lipinski definition) is 2. The maximum Gasteiger partial charge on any atom is 0.0113 e. The summed E-state index contributed by atoms with van der Waals surface area (Å²) in [5.74, 6) is 5.24. The molecule has 7 rings (SSSR count). The molecule has 178 valence electrons. The molecule has 0 aromatic rings. The lowest BCUT2D eigenvalue weighted by Gasteiger charge is -2.46. The van der Waals surface area contributed by atoms with Crippen LogP contribution in [-0.2, 0) is 0 Å². The lowest BCUT2D eigenvalue weighted by Crippen LogP contribution is -2.42. The van der Waals surface area contributed by atoms with Gasteiger partial charge in [0.05, 0.1) is 0 Å². The van der Waals surface area contributed by atoms with E-state index in [-0.39, 0.29) is 0 Å². The van der Waals surface area contributed by atoms with Crippen molar-refractivity contribution in [3.63, 3.8) is 0 Å². The van der Waals surface area contributed by atoms with Gasteiger partial charge in [0.1, 0.15) is 0 Å². The molecule has 6 aliphatic carbocycles. The Labute approximate surface area is 196 Å². The van der Waals surface area contributed by atoms with Crippen LogP contribution in [0.5, 0.6) is 0 Å². The number of allylic oxidation sites excluding steroid dienone is 2. The fraction of sp³-hybridized carbons (Fsp3) is 0.933. The summed E-state index contributed by atoms with van der Waals surface area (Å²) in [5, 5.41) is 4.09. The first-order chi connectivity index (χ1) is 15.6. The third-order valence-electron chi connectivity index (χ3n) is 13.1. The second kappa shape index (κ2) is 7.02. The molecular weight excluding hydrogens is 388 g/mol. The van der Waals surface area contributed by atoms with Gasteiger partial charge in [0, 0.05) is 23.7 Å². The minimum Gasteiger partial charge on any atom is -0.402 e. The van der Waals surface area contributed by atoms with E-state index in [0.29, 0.717) is 22.2 Å². The summed E-state index contributed by atoms with van der Waals surface area (Å²) >= 11 is 0. The molecule has 1 aliphatic heterocycles. The molecule has 9 unspecified atom stereocenters. The minimum absolute atomic E-state index is 0.535. The zero-order valence-electron chi connectivity index (χ0n) is 20.9. The molecule has 1 saturated heterocycles. The molecule has 0 bridgehead atoms. The summed E-state index contributed by atoms with van der Waals surface area (Å²) in [5.41, 5.74) is 10.3. The van der Waals surface area contributed by atoms with Gasteiger partial charge >= 0.3 is 0 Å². The topological polar surface area (TPSA) is 38.0 Å². The normalized spacial score (nSPS) is 50.8. The zero-order valence-corrected chi connectivity index (χ0v) is 20.9. The summed E-state index contributed by atoms with van der Waals surface area (Å²) in [6, 6.07) is 1.56. The average molecular weight is 437 g/mol. The highest BCUT2D eigenvalue weighted by atomic mass is 15.1. The molecule has 6 saturated carbocycles. The molecule has 0 amide bonds. The van der Waals surface area contributed by atoms with Gasteiger partial charge in [-0.2, -0.15) is 0 Å². The highest BCUT2D eigenvalue weighted by Crippen LogP contribution is 2.85. The van der Waals surface area contributed by atoms with Crippen molar-refractivity contribution >= 4 is 0 Å². The van der Waals surface area contributed by atoms with E-state index in [9.17, 15) is 0 Å². The van der Waals surface area contributed by atoms with Crippen LogP contribution in [0.2, 0.25) is 0 Å². The second-order valence-electron chi connectivity index (χ2n) is 13.8. The van der Waals surface area contributed by atoms with E-state index in [1.54, 1.807) is 0 Å². The third kappa shape index (κ3) is 2.47. The molecule has 2 spiro atoms. The Balaban J connectivity index is 1.18. The fourth-order valence-electron chi connectivity index (χ4n) is 12.1. The van der Waals surface area contributed by atoms with Gasteiger partial charge in [-0.25, -0.2) is 0 Å². The van der Waals surface area contributed by atoms with Crippen molar-refractivity contribution in [2.45, 2.75) is 122 Å². The second-order valence-corrected chi connectivity index (χ2v) is 13.8. The molecule has 9 atom stereocenters. The van der Waals surface area contributed by atoms with Gasteiger partial charge in [-0.05, 0) is 97.2 Å². The van der Waals surface area contributed by atoms with Crippen LogP contribution in [0.15, 0.2) is 11.8 Å². The Hall–Kier alpha value is -0.500. The predicted octanol–water partition coefficient (Wildman–Crippen LogP) is 6.80. The molecule has 7 aliphatic rings. The molecule has 0 radical (unpaired) electrons. The molecule has 32 heavy (non-hydrogen) atoms. The lowest BCUT2D eigenvalue weighted by molar-refractivity contribution is 0.0449. The van der Waals surface area contributed by atoms with Gasteiger partial charge in [-0.3, -0.25) is 0 Å². The van der Waals surface area contributed by atoms with Crippen LogP contribution in [0.3, 0.4) is 0 Å². The van der Waals surface area contributed by atoms with E-state index in [4.69, 9.17) is 5.73 Å². The maximum atomic E-state index is 7.17. The van der Waals surface area contributed by atoms with Gasteiger partial charge in [0.15, 0.2) is 0 Å². The van der Waals surface area contributed by atoms with Crippen LogP contribution in [0.4, 0.5) is 0 Å². The summed E-state index contributed by atoms with van der Waals surface area (Å²) in [7, 11) is 0. The summed E-state index contributed by atoms with van der Waals surface area (Å²) in [6.45, 7) is 5.00. The maximum absolute atomic E-state index is 7.17. The Morgan fingerprint density at radius 1 is 0.938 bits per heavy atom. The number of nitrogens with two attached hydrogens (primary N) is 1. The van der Waals surface area contributed by atoms with Crippen molar-refractivity contribution in [3.05, 3.63) is 11.8 Å². The molecule has 2 nitrogen and oxygen atoms in total. The first-order valence-corrected chi connectivity index (χ1v) is 14.8. The molecule has 0 aromatic heterocycles. The number of fused-ring (bicyclic) bond motifs is 4. The van der Waals surface area contributed by atoms with Gasteiger partial charge in [-0.15, -0.1) is 0 Å². The average Bonchev–Trinajstić information content (AvgIpc) is 3.65. The van der Waals surface area contributed by atoms with Crippen molar-refractivity contribution < 1.29 is 0 Å². The quantitative estimate of drug-likeness (QED) is 0.508. The van der Waals surface area contributed by atoms with Crippen LogP contribution >= 0.6 is 0 Å². The van der Waals surface area contributed by atoms with E-state index in [2.05, 4.69) is 25.2 Å². The number of nitrogens with one attached hydrogen (secondary N) is 1. The van der Waals surface area contributed by atoms with Crippen molar-refractivity contribution in [3.8, 4) is 0 Å². The molecule has 0 aromatic carbocycles. The van der Waals surface area contributed by atoms with Crippen LogP contribution in [-0.4, -0.2) is 12.1 Å². The lowest BCUT2D eigenvalue weighted by atomic mass is 9.58. The predicted molar refractivity (Wildman–Crippen MR) is 132 cm³/mol. The zero-order chi connectivity index (χ0) is 21.7. The van der Waals surface area contributed by atoms with E-state index >= 15 is 0 Å². The molecule has 7 fully saturated rings. The molecule has 2 heteroatoms. The molecule has 3 N–H and O–H groups in total. The monoisotopic (exact) mass is 436 g/mol. The van der Waals surface area contributed by atoms with E-state index < -0.39 is 0 Å².